The topological polar surface area (TPSA) is 84.7 Å². The average Bonchev–Trinajstić information content (AvgIpc) is 3.08. The minimum absolute atomic E-state index is 0.113. The minimum atomic E-state index is -0.495. The van der Waals surface area contributed by atoms with E-state index >= 15 is 0 Å². The van der Waals surface area contributed by atoms with E-state index in [0.717, 1.165) is 13.0 Å². The molecule has 26 heavy (non-hydrogen) atoms. The lowest BCUT2D eigenvalue weighted by Crippen LogP contribution is -2.39. The molecule has 1 N–H and O–H groups in total. The monoisotopic (exact) mass is 375 g/mol. The molecule has 1 atom stereocenters. The van der Waals surface area contributed by atoms with Crippen LogP contribution in [-0.4, -0.2) is 35.9 Å². The Hall–Kier alpha value is -2.45. The molecule has 1 aromatic heterocycles. The highest BCUT2D eigenvalue weighted by molar-refractivity contribution is 7.10. The molecule has 0 aliphatic carbocycles. The summed E-state index contributed by atoms with van der Waals surface area (Å²) in [5.41, 5.74) is 2.33. The number of fused-ring (bicyclic) bond motifs is 1. The number of carbonyl (C=O) groups excluding carboxylic acids is 1. The van der Waals surface area contributed by atoms with Gasteiger partial charge in [0.05, 0.1) is 18.6 Å². The highest BCUT2D eigenvalue weighted by Crippen LogP contribution is 2.34. The molecule has 0 saturated carbocycles. The molecule has 0 bridgehead atoms. The first-order chi connectivity index (χ1) is 12.4. The fourth-order valence-electron chi connectivity index (χ4n) is 3.27. The lowest BCUT2D eigenvalue weighted by atomic mass is 10.0. The second kappa shape index (κ2) is 7.43. The number of amides is 1. The van der Waals surface area contributed by atoms with Gasteiger partial charge in [-0.15, -0.1) is 11.3 Å². The van der Waals surface area contributed by atoms with Crippen LogP contribution in [0.3, 0.4) is 0 Å². The molecule has 1 amide bonds. The first kappa shape index (κ1) is 18.3. The van der Waals surface area contributed by atoms with Gasteiger partial charge >= 0.3 is 5.69 Å². The summed E-state index contributed by atoms with van der Waals surface area (Å²) in [6.07, 6.45) is 0.953. The molecule has 1 aliphatic heterocycles. The number of rotatable bonds is 5. The zero-order valence-electron chi connectivity index (χ0n) is 14.9. The number of ether oxygens (including phenoxy) is 1. The van der Waals surface area contributed by atoms with Crippen molar-refractivity contribution in [1.29, 1.82) is 0 Å². The Morgan fingerprint density at radius 2 is 2.27 bits per heavy atom. The number of anilines is 1. The normalized spacial score (nSPS) is 16.8. The number of nitrogens with one attached hydrogen (secondary N) is 1. The zero-order chi connectivity index (χ0) is 18.8. The van der Waals surface area contributed by atoms with Crippen LogP contribution >= 0.6 is 11.3 Å². The largest absolute Gasteiger partial charge is 0.490 e. The fraction of sp³-hybridized carbons (Fsp3) is 0.389. The van der Waals surface area contributed by atoms with Gasteiger partial charge in [-0.25, -0.2) is 0 Å². The number of benzene rings is 1. The van der Waals surface area contributed by atoms with Gasteiger partial charge in [0.2, 0.25) is 5.91 Å². The Kier molecular flexibility index (Phi) is 5.24. The summed E-state index contributed by atoms with van der Waals surface area (Å²) in [6, 6.07) is 5.24. The number of methoxy groups -OCH3 is 1. The fourth-order valence-corrected chi connectivity index (χ4v) is 4.23. The standard InChI is InChI=1S/C18H21N3O4S/c1-11-8-15(21(23)24)16(25-3)9-14(11)19-18(22)10-20-6-4-17-13(12(20)2)5-7-26-17/h5,7-9,12H,4,6,10H2,1-3H3,(H,19,22)/t12-/m0/s1. The van der Waals surface area contributed by atoms with Gasteiger partial charge in [0.1, 0.15) is 0 Å². The molecule has 0 saturated heterocycles. The number of carbonyl (C=O) groups is 1. The Bertz CT molecular complexity index is 849. The molecular formula is C18H21N3O4S. The Morgan fingerprint density at radius 1 is 1.50 bits per heavy atom. The van der Waals surface area contributed by atoms with Crippen LogP contribution in [0.25, 0.3) is 0 Å². The third kappa shape index (κ3) is 3.56. The zero-order valence-corrected chi connectivity index (χ0v) is 15.8. The van der Waals surface area contributed by atoms with Gasteiger partial charge in [-0.2, -0.15) is 0 Å². The van der Waals surface area contributed by atoms with E-state index in [-0.39, 0.29) is 29.9 Å². The summed E-state index contributed by atoms with van der Waals surface area (Å²) < 4.78 is 5.08. The van der Waals surface area contributed by atoms with E-state index in [1.54, 1.807) is 18.3 Å². The number of thiophene rings is 1. The highest BCUT2D eigenvalue weighted by Gasteiger charge is 2.26. The van der Waals surface area contributed by atoms with Crippen molar-refractivity contribution in [3.8, 4) is 5.75 Å². The first-order valence-corrected chi connectivity index (χ1v) is 9.22. The molecule has 1 aromatic carbocycles. The summed E-state index contributed by atoms with van der Waals surface area (Å²) in [6.45, 7) is 4.95. The maximum atomic E-state index is 12.5. The van der Waals surface area contributed by atoms with E-state index in [2.05, 4.69) is 28.6 Å². The molecule has 2 aromatic rings. The Balaban J connectivity index is 1.72. The van der Waals surface area contributed by atoms with Crippen LogP contribution in [0, 0.1) is 17.0 Å². The van der Waals surface area contributed by atoms with E-state index in [9.17, 15) is 14.9 Å². The second-order valence-corrected chi connectivity index (χ2v) is 7.34. The van der Waals surface area contributed by atoms with E-state index in [1.807, 2.05) is 0 Å². The van der Waals surface area contributed by atoms with E-state index in [4.69, 9.17) is 4.74 Å². The predicted octanol–water partition coefficient (Wildman–Crippen LogP) is 3.53. The number of nitro groups is 1. The molecular weight excluding hydrogens is 354 g/mol. The molecule has 8 heteroatoms. The van der Waals surface area contributed by atoms with Crippen LogP contribution in [0.15, 0.2) is 23.6 Å². The van der Waals surface area contributed by atoms with Crippen molar-refractivity contribution in [2.24, 2.45) is 0 Å². The Morgan fingerprint density at radius 3 is 2.96 bits per heavy atom. The molecule has 0 fully saturated rings. The SMILES string of the molecule is COc1cc(NC(=O)CN2CCc3sccc3[C@@H]2C)c(C)cc1[N+](=O)[O-]. The van der Waals surface area contributed by atoms with Crippen molar-refractivity contribution < 1.29 is 14.5 Å². The van der Waals surface area contributed by atoms with E-state index < -0.39 is 4.92 Å². The van der Waals surface area contributed by atoms with E-state index in [1.165, 1.54) is 29.7 Å². The van der Waals surface area contributed by atoms with Gasteiger partial charge in [-0.3, -0.25) is 19.8 Å². The van der Waals surface area contributed by atoms with Gasteiger partial charge < -0.3 is 10.1 Å². The predicted molar refractivity (Wildman–Crippen MR) is 101 cm³/mol. The van der Waals surface area contributed by atoms with Crippen LogP contribution < -0.4 is 10.1 Å². The summed E-state index contributed by atoms with van der Waals surface area (Å²) >= 11 is 1.77. The number of aryl methyl sites for hydroxylation is 1. The van der Waals surface area contributed by atoms with Gasteiger partial charge in [-0.1, -0.05) is 0 Å². The molecule has 138 valence electrons. The van der Waals surface area contributed by atoms with Gasteiger partial charge in [-0.05, 0) is 42.8 Å². The molecule has 0 spiro atoms. The maximum absolute atomic E-state index is 12.5. The van der Waals surface area contributed by atoms with Crippen LogP contribution in [0.2, 0.25) is 0 Å². The number of nitrogens with zero attached hydrogens (tertiary/aromatic N) is 2. The molecule has 1 aliphatic rings. The number of nitro benzene ring substituents is 1. The lowest BCUT2D eigenvalue weighted by molar-refractivity contribution is -0.385. The maximum Gasteiger partial charge on any atom is 0.311 e. The molecule has 0 unspecified atom stereocenters. The Labute approximate surface area is 155 Å². The highest BCUT2D eigenvalue weighted by atomic mass is 32.1. The van der Waals surface area contributed by atoms with Crippen LogP contribution in [0.1, 0.15) is 29.0 Å². The van der Waals surface area contributed by atoms with Crippen molar-refractivity contribution in [3.63, 3.8) is 0 Å². The van der Waals surface area contributed by atoms with Gasteiger partial charge in [0.25, 0.3) is 0 Å². The average molecular weight is 375 g/mol. The van der Waals surface area contributed by atoms with E-state index in [0.29, 0.717) is 11.3 Å². The number of hydrogen-bond acceptors (Lipinski definition) is 6. The summed E-state index contributed by atoms with van der Waals surface area (Å²) in [5.74, 6) is -0.0142. The van der Waals surface area contributed by atoms with Crippen molar-refractivity contribution in [3.05, 3.63) is 49.7 Å². The van der Waals surface area contributed by atoms with Crippen LogP contribution in [0.5, 0.6) is 5.75 Å². The first-order valence-electron chi connectivity index (χ1n) is 8.34. The van der Waals surface area contributed by atoms with Crippen molar-refractivity contribution in [2.75, 3.05) is 25.5 Å². The summed E-state index contributed by atoms with van der Waals surface area (Å²) in [4.78, 5) is 26.6. The number of hydrogen-bond donors (Lipinski definition) is 1. The third-order valence-corrected chi connectivity index (χ3v) is 5.74. The smallest absolute Gasteiger partial charge is 0.311 e. The van der Waals surface area contributed by atoms with Crippen molar-refractivity contribution in [2.45, 2.75) is 26.3 Å². The minimum Gasteiger partial charge on any atom is -0.490 e. The molecule has 2 heterocycles. The van der Waals surface area contributed by atoms with Gasteiger partial charge in [0, 0.05) is 35.3 Å². The molecule has 3 rings (SSSR count). The molecule has 7 nitrogen and oxygen atoms in total. The quantitative estimate of drug-likeness (QED) is 0.638. The third-order valence-electron chi connectivity index (χ3n) is 4.75. The lowest BCUT2D eigenvalue weighted by Gasteiger charge is -2.33. The van der Waals surface area contributed by atoms with Crippen LogP contribution in [0.4, 0.5) is 11.4 Å². The molecule has 0 radical (unpaired) electrons. The summed E-state index contributed by atoms with van der Waals surface area (Å²) in [5, 5.41) is 16.0. The van der Waals surface area contributed by atoms with Crippen LogP contribution in [-0.2, 0) is 11.2 Å². The van der Waals surface area contributed by atoms with Crippen molar-refractivity contribution in [1.82, 2.24) is 4.90 Å². The van der Waals surface area contributed by atoms with Crippen molar-refractivity contribution >= 4 is 28.6 Å². The second-order valence-electron chi connectivity index (χ2n) is 6.34. The van der Waals surface area contributed by atoms with Gasteiger partial charge in [0.15, 0.2) is 5.75 Å². The summed E-state index contributed by atoms with van der Waals surface area (Å²) in [7, 11) is 1.37.